The van der Waals surface area contributed by atoms with Crippen molar-refractivity contribution in [1.82, 2.24) is 0 Å². The number of rotatable bonds is 16. The second kappa shape index (κ2) is 18.0. The van der Waals surface area contributed by atoms with Crippen LogP contribution in [0.25, 0.3) is 0 Å². The highest BCUT2D eigenvalue weighted by atomic mass is 16.4. The molecule has 0 fully saturated rings. The molecule has 22 heavy (non-hydrogen) atoms. The van der Waals surface area contributed by atoms with Crippen molar-refractivity contribution >= 4 is 5.97 Å². The molecule has 0 aliphatic carbocycles. The lowest BCUT2D eigenvalue weighted by Gasteiger charge is -2.01. The van der Waals surface area contributed by atoms with Gasteiger partial charge in [0.05, 0.1) is 0 Å². The molecule has 0 aliphatic rings. The topological polar surface area (TPSA) is 37.3 Å². The molecule has 0 aliphatic heterocycles. The molecular weight excluding hydrogens is 272 g/mol. The van der Waals surface area contributed by atoms with Crippen molar-refractivity contribution in [3.05, 3.63) is 24.3 Å². The molecule has 0 aromatic carbocycles. The molecule has 1 N–H and O–H groups in total. The molecule has 0 aromatic heterocycles. The summed E-state index contributed by atoms with van der Waals surface area (Å²) in [6, 6.07) is 0. The van der Waals surface area contributed by atoms with Crippen LogP contribution in [-0.2, 0) is 4.79 Å². The van der Waals surface area contributed by atoms with Gasteiger partial charge in [-0.25, -0.2) is 0 Å². The monoisotopic (exact) mass is 308 g/mol. The molecule has 0 atom stereocenters. The molecule has 0 saturated carbocycles. The number of hydrogen-bond acceptors (Lipinski definition) is 1. The van der Waals surface area contributed by atoms with Crippen molar-refractivity contribution in [3.8, 4) is 0 Å². The number of hydrogen-bond donors (Lipinski definition) is 1. The van der Waals surface area contributed by atoms with Crippen LogP contribution < -0.4 is 0 Å². The van der Waals surface area contributed by atoms with Gasteiger partial charge < -0.3 is 5.11 Å². The molecule has 0 unspecified atom stereocenters. The van der Waals surface area contributed by atoms with E-state index >= 15 is 0 Å². The molecule has 0 amide bonds. The lowest BCUT2D eigenvalue weighted by Crippen LogP contribution is -1.91. The first-order valence-electron chi connectivity index (χ1n) is 9.29. The number of carboxylic acids is 1. The van der Waals surface area contributed by atoms with Crippen LogP contribution in [0.3, 0.4) is 0 Å². The average Bonchev–Trinajstić information content (AvgIpc) is 2.50. The number of unbranched alkanes of at least 4 members (excludes halogenated alkanes) is 10. The minimum absolute atomic E-state index is 0.235. The predicted octanol–water partition coefficient (Wildman–Crippen LogP) is 6.66. The van der Waals surface area contributed by atoms with Crippen LogP contribution >= 0.6 is 0 Å². The van der Waals surface area contributed by atoms with E-state index in [1.807, 2.05) is 6.08 Å². The Bertz CT molecular complexity index is 292. The Morgan fingerprint density at radius 1 is 0.727 bits per heavy atom. The Balaban J connectivity index is 3.15. The van der Waals surface area contributed by atoms with Crippen molar-refractivity contribution in [2.24, 2.45) is 0 Å². The standard InChI is InChI=1S/C20H36O2/c1-2-3-4-5-6-7-8-9-10-11-12-13-14-15-16-17-18-19-20(21)22/h13-14,16-17H,2-12,15,18-19H2,1H3,(H,21,22). The molecule has 2 nitrogen and oxygen atoms in total. The zero-order chi connectivity index (χ0) is 16.3. The molecule has 0 heterocycles. The second-order valence-corrected chi connectivity index (χ2v) is 6.08. The minimum atomic E-state index is -0.721. The number of carbonyl (C=O) groups is 1. The summed E-state index contributed by atoms with van der Waals surface area (Å²) in [5.41, 5.74) is 0. The van der Waals surface area contributed by atoms with Gasteiger partial charge in [-0.1, -0.05) is 89.0 Å². The van der Waals surface area contributed by atoms with Crippen LogP contribution in [0.1, 0.15) is 96.8 Å². The van der Waals surface area contributed by atoms with Crippen molar-refractivity contribution in [2.45, 2.75) is 96.8 Å². The quantitative estimate of drug-likeness (QED) is 0.255. The van der Waals surface area contributed by atoms with Gasteiger partial charge in [-0.15, -0.1) is 0 Å². The van der Waals surface area contributed by atoms with Gasteiger partial charge in [-0.2, -0.15) is 0 Å². The zero-order valence-corrected chi connectivity index (χ0v) is 14.6. The normalized spacial score (nSPS) is 11.7. The Morgan fingerprint density at radius 3 is 1.77 bits per heavy atom. The van der Waals surface area contributed by atoms with Gasteiger partial charge in [0.25, 0.3) is 0 Å². The van der Waals surface area contributed by atoms with Gasteiger partial charge in [0.15, 0.2) is 0 Å². The maximum absolute atomic E-state index is 10.3. The average molecular weight is 309 g/mol. The van der Waals surface area contributed by atoms with E-state index in [1.54, 1.807) is 0 Å². The van der Waals surface area contributed by atoms with Crippen molar-refractivity contribution in [2.75, 3.05) is 0 Å². The number of carboxylic acid groups (broad SMARTS) is 1. The Kier molecular flexibility index (Phi) is 17.1. The summed E-state index contributed by atoms with van der Waals surface area (Å²) in [6.07, 6.45) is 25.3. The molecule has 2 heteroatoms. The first-order valence-corrected chi connectivity index (χ1v) is 9.29. The fraction of sp³-hybridized carbons (Fsp3) is 0.750. The molecule has 0 radical (unpaired) electrons. The summed E-state index contributed by atoms with van der Waals surface area (Å²) in [7, 11) is 0. The van der Waals surface area contributed by atoms with E-state index in [0.29, 0.717) is 6.42 Å². The Morgan fingerprint density at radius 2 is 1.23 bits per heavy atom. The molecule has 128 valence electrons. The van der Waals surface area contributed by atoms with Crippen molar-refractivity contribution in [1.29, 1.82) is 0 Å². The third-order valence-electron chi connectivity index (χ3n) is 3.85. The zero-order valence-electron chi connectivity index (χ0n) is 14.6. The van der Waals surface area contributed by atoms with Gasteiger partial charge in [-0.3, -0.25) is 4.79 Å². The highest BCUT2D eigenvalue weighted by Crippen LogP contribution is 2.11. The maximum Gasteiger partial charge on any atom is 0.303 e. The van der Waals surface area contributed by atoms with Crippen LogP contribution in [0, 0.1) is 0 Å². The SMILES string of the molecule is CCCCCCCCCCCCC=CCC=CCCC(=O)O. The summed E-state index contributed by atoms with van der Waals surface area (Å²) in [4.78, 5) is 10.3. The molecule has 0 rings (SSSR count). The maximum atomic E-state index is 10.3. The molecule has 0 aromatic rings. The third-order valence-corrected chi connectivity index (χ3v) is 3.85. The van der Waals surface area contributed by atoms with Gasteiger partial charge in [0, 0.05) is 6.42 Å². The summed E-state index contributed by atoms with van der Waals surface area (Å²) in [6.45, 7) is 2.27. The largest absolute Gasteiger partial charge is 0.481 e. The van der Waals surface area contributed by atoms with Crippen LogP contribution in [-0.4, -0.2) is 11.1 Å². The predicted molar refractivity (Wildman–Crippen MR) is 96.2 cm³/mol. The van der Waals surface area contributed by atoms with Crippen LogP contribution in [0.4, 0.5) is 0 Å². The third kappa shape index (κ3) is 18.9. The smallest absolute Gasteiger partial charge is 0.303 e. The highest BCUT2D eigenvalue weighted by molar-refractivity contribution is 5.66. The van der Waals surface area contributed by atoms with Gasteiger partial charge in [0.2, 0.25) is 0 Å². The van der Waals surface area contributed by atoms with E-state index in [1.165, 1.54) is 70.6 Å². The first-order chi connectivity index (χ1) is 10.8. The number of aliphatic carboxylic acids is 1. The van der Waals surface area contributed by atoms with E-state index in [-0.39, 0.29) is 6.42 Å². The molecule has 0 bridgehead atoms. The highest BCUT2D eigenvalue weighted by Gasteiger charge is 1.92. The lowest BCUT2D eigenvalue weighted by molar-refractivity contribution is -0.136. The first kappa shape index (κ1) is 20.9. The van der Waals surface area contributed by atoms with Crippen molar-refractivity contribution in [3.63, 3.8) is 0 Å². The Hall–Kier alpha value is -1.05. The number of allylic oxidation sites excluding steroid dienone is 4. The summed E-state index contributed by atoms with van der Waals surface area (Å²) < 4.78 is 0. The van der Waals surface area contributed by atoms with Crippen molar-refractivity contribution < 1.29 is 9.90 Å². The molecular formula is C20H36O2. The molecule has 0 saturated heterocycles. The van der Waals surface area contributed by atoms with Gasteiger partial charge >= 0.3 is 5.97 Å². The summed E-state index contributed by atoms with van der Waals surface area (Å²) in [5.74, 6) is -0.721. The van der Waals surface area contributed by atoms with E-state index in [9.17, 15) is 4.79 Å². The van der Waals surface area contributed by atoms with Gasteiger partial charge in [-0.05, 0) is 25.7 Å². The molecule has 0 spiro atoms. The van der Waals surface area contributed by atoms with E-state index < -0.39 is 5.97 Å². The van der Waals surface area contributed by atoms with Crippen LogP contribution in [0.2, 0.25) is 0 Å². The fourth-order valence-electron chi connectivity index (χ4n) is 2.46. The minimum Gasteiger partial charge on any atom is -0.481 e. The van der Waals surface area contributed by atoms with Gasteiger partial charge in [0.1, 0.15) is 0 Å². The second-order valence-electron chi connectivity index (χ2n) is 6.08. The fourth-order valence-corrected chi connectivity index (χ4v) is 2.46. The lowest BCUT2D eigenvalue weighted by atomic mass is 10.1. The summed E-state index contributed by atoms with van der Waals surface area (Å²) >= 11 is 0. The van der Waals surface area contributed by atoms with Crippen LogP contribution in [0.5, 0.6) is 0 Å². The van der Waals surface area contributed by atoms with E-state index in [4.69, 9.17) is 5.11 Å². The Labute approximate surface area is 137 Å². The van der Waals surface area contributed by atoms with E-state index in [0.717, 1.165) is 6.42 Å². The van der Waals surface area contributed by atoms with E-state index in [2.05, 4.69) is 25.2 Å². The van der Waals surface area contributed by atoms with Crippen LogP contribution in [0.15, 0.2) is 24.3 Å². The summed E-state index contributed by atoms with van der Waals surface area (Å²) in [5, 5.41) is 8.49.